The van der Waals surface area contributed by atoms with E-state index in [2.05, 4.69) is 15.5 Å². The van der Waals surface area contributed by atoms with Gasteiger partial charge < -0.3 is 4.74 Å². The average Bonchev–Trinajstić information content (AvgIpc) is 2.70. The Morgan fingerprint density at radius 3 is 2.79 bits per heavy atom. The van der Waals surface area contributed by atoms with Crippen LogP contribution in [0.3, 0.4) is 0 Å². The third-order valence-corrected chi connectivity index (χ3v) is 4.64. The van der Waals surface area contributed by atoms with Crippen molar-refractivity contribution in [3.63, 3.8) is 0 Å². The molecule has 0 fully saturated rings. The minimum absolute atomic E-state index is 0.0988. The first-order chi connectivity index (χ1) is 14.0. The van der Waals surface area contributed by atoms with Crippen molar-refractivity contribution >= 4 is 34.2 Å². The number of hydrogen-bond donors (Lipinski definition) is 1. The molecule has 6 nitrogen and oxygen atoms in total. The van der Waals surface area contributed by atoms with E-state index in [4.69, 9.17) is 16.3 Å². The number of anilines is 1. The van der Waals surface area contributed by atoms with Crippen molar-refractivity contribution < 1.29 is 4.74 Å². The molecular weight excluding hydrogens is 388 g/mol. The molecule has 0 aliphatic rings. The fraction of sp³-hybridized carbons (Fsp3) is 0.318. The maximum absolute atomic E-state index is 13.0. The molecule has 7 heteroatoms. The van der Waals surface area contributed by atoms with Gasteiger partial charge in [-0.3, -0.25) is 9.36 Å². The van der Waals surface area contributed by atoms with Gasteiger partial charge in [-0.05, 0) is 57.0 Å². The largest absolute Gasteiger partial charge is 0.379 e. The monoisotopic (exact) mass is 412 g/mol. The van der Waals surface area contributed by atoms with Gasteiger partial charge in [0.15, 0.2) is 0 Å². The third-order valence-electron chi connectivity index (χ3n) is 4.40. The van der Waals surface area contributed by atoms with E-state index in [0.717, 1.165) is 11.3 Å². The lowest BCUT2D eigenvalue weighted by Gasteiger charge is -2.14. The maximum atomic E-state index is 13.0. The van der Waals surface area contributed by atoms with E-state index in [1.54, 1.807) is 10.6 Å². The molecule has 1 heterocycles. The van der Waals surface area contributed by atoms with E-state index >= 15 is 0 Å². The SMILES string of the molecule is C/C(=N/Nc1nc2ccccc2c(=O)n1CCCOC(C)C)c1cccc(Cl)c1. The molecule has 1 N–H and O–H groups in total. The Morgan fingerprint density at radius 2 is 2.03 bits per heavy atom. The second-order valence-corrected chi connectivity index (χ2v) is 7.44. The smallest absolute Gasteiger partial charge is 0.262 e. The van der Waals surface area contributed by atoms with E-state index < -0.39 is 0 Å². The highest BCUT2D eigenvalue weighted by Crippen LogP contribution is 2.14. The van der Waals surface area contributed by atoms with E-state index in [1.165, 1.54) is 0 Å². The first kappa shape index (κ1) is 21.0. The van der Waals surface area contributed by atoms with Gasteiger partial charge in [0.1, 0.15) is 0 Å². The molecule has 29 heavy (non-hydrogen) atoms. The van der Waals surface area contributed by atoms with E-state index in [1.807, 2.05) is 63.2 Å². The molecule has 0 bridgehead atoms. The number of hydrogen-bond acceptors (Lipinski definition) is 5. The number of nitrogens with zero attached hydrogens (tertiary/aromatic N) is 3. The van der Waals surface area contributed by atoms with Gasteiger partial charge in [0.05, 0.1) is 22.7 Å². The summed E-state index contributed by atoms with van der Waals surface area (Å²) in [6, 6.07) is 14.8. The molecule has 0 atom stereocenters. The van der Waals surface area contributed by atoms with Gasteiger partial charge in [-0.25, -0.2) is 10.4 Å². The lowest BCUT2D eigenvalue weighted by atomic mass is 10.1. The number of benzene rings is 2. The molecule has 0 saturated heterocycles. The van der Waals surface area contributed by atoms with Crippen LogP contribution in [0.1, 0.15) is 32.8 Å². The van der Waals surface area contributed by atoms with Gasteiger partial charge in [-0.2, -0.15) is 5.10 Å². The molecule has 3 aromatic rings. The van der Waals surface area contributed by atoms with Gasteiger partial charge in [0, 0.05) is 18.2 Å². The Morgan fingerprint density at radius 1 is 1.24 bits per heavy atom. The van der Waals surface area contributed by atoms with Crippen molar-refractivity contribution in [2.24, 2.45) is 5.10 Å². The lowest BCUT2D eigenvalue weighted by molar-refractivity contribution is 0.0748. The standard InChI is InChI=1S/C22H25ClN4O2/c1-15(2)29-13-7-12-27-21(28)19-10-4-5-11-20(19)24-22(27)26-25-16(3)17-8-6-9-18(23)14-17/h4-6,8-11,14-15H,7,12-13H2,1-3H3,(H,24,26)/b25-16-. The predicted molar refractivity (Wildman–Crippen MR) is 119 cm³/mol. The van der Waals surface area contributed by atoms with Gasteiger partial charge in [0.2, 0.25) is 5.95 Å². The van der Waals surface area contributed by atoms with Crippen LogP contribution in [-0.4, -0.2) is 28.0 Å². The zero-order chi connectivity index (χ0) is 20.8. The Kier molecular flexibility index (Phi) is 7.01. The molecule has 0 saturated carbocycles. The summed E-state index contributed by atoms with van der Waals surface area (Å²) in [6.07, 6.45) is 0.855. The number of aromatic nitrogens is 2. The molecule has 0 aliphatic carbocycles. The Balaban J connectivity index is 1.91. The summed E-state index contributed by atoms with van der Waals surface area (Å²) in [7, 11) is 0. The summed E-state index contributed by atoms with van der Waals surface area (Å²) in [6.45, 7) is 6.91. The summed E-state index contributed by atoms with van der Waals surface area (Å²) in [5.74, 6) is 0.402. The highest BCUT2D eigenvalue weighted by molar-refractivity contribution is 6.31. The molecule has 152 valence electrons. The molecule has 1 aromatic heterocycles. The van der Waals surface area contributed by atoms with Crippen LogP contribution in [0.2, 0.25) is 5.02 Å². The summed E-state index contributed by atoms with van der Waals surface area (Å²) in [5, 5.41) is 5.65. The van der Waals surface area contributed by atoms with Crippen LogP contribution in [0.25, 0.3) is 10.9 Å². The van der Waals surface area contributed by atoms with Crippen LogP contribution in [0.5, 0.6) is 0 Å². The highest BCUT2D eigenvalue weighted by Gasteiger charge is 2.11. The first-order valence-corrected chi connectivity index (χ1v) is 10.0. The van der Waals surface area contributed by atoms with Gasteiger partial charge in [-0.15, -0.1) is 0 Å². The first-order valence-electron chi connectivity index (χ1n) is 9.63. The number of para-hydroxylation sites is 1. The molecule has 2 aromatic carbocycles. The Labute approximate surface area is 175 Å². The Bertz CT molecular complexity index is 1080. The van der Waals surface area contributed by atoms with E-state index in [0.29, 0.717) is 41.4 Å². The van der Waals surface area contributed by atoms with Gasteiger partial charge in [0.25, 0.3) is 5.56 Å². The van der Waals surface area contributed by atoms with Crippen molar-refractivity contribution in [1.29, 1.82) is 0 Å². The molecule has 0 spiro atoms. The van der Waals surface area contributed by atoms with Crippen LogP contribution in [0.4, 0.5) is 5.95 Å². The molecule has 3 rings (SSSR count). The number of halogens is 1. The summed E-state index contributed by atoms with van der Waals surface area (Å²) >= 11 is 6.07. The second kappa shape index (κ2) is 9.67. The molecule has 0 amide bonds. The summed E-state index contributed by atoms with van der Waals surface area (Å²) < 4.78 is 7.21. The average molecular weight is 413 g/mol. The van der Waals surface area contributed by atoms with Crippen molar-refractivity contribution in [2.75, 3.05) is 12.0 Å². The van der Waals surface area contributed by atoms with Crippen LogP contribution < -0.4 is 11.0 Å². The van der Waals surface area contributed by atoms with Crippen molar-refractivity contribution in [3.05, 3.63) is 69.5 Å². The number of ether oxygens (including phenoxy) is 1. The van der Waals surface area contributed by atoms with Crippen molar-refractivity contribution in [1.82, 2.24) is 9.55 Å². The fourth-order valence-corrected chi connectivity index (χ4v) is 3.10. The van der Waals surface area contributed by atoms with Crippen LogP contribution in [0.15, 0.2) is 58.4 Å². The minimum Gasteiger partial charge on any atom is -0.379 e. The zero-order valence-corrected chi connectivity index (χ0v) is 17.6. The van der Waals surface area contributed by atoms with Gasteiger partial charge in [-0.1, -0.05) is 35.9 Å². The van der Waals surface area contributed by atoms with Crippen LogP contribution >= 0.6 is 11.6 Å². The van der Waals surface area contributed by atoms with Crippen molar-refractivity contribution in [2.45, 2.75) is 39.8 Å². The quantitative estimate of drug-likeness (QED) is 0.330. The molecule has 0 unspecified atom stereocenters. The van der Waals surface area contributed by atoms with Crippen LogP contribution in [-0.2, 0) is 11.3 Å². The van der Waals surface area contributed by atoms with E-state index in [-0.39, 0.29) is 11.7 Å². The number of fused-ring (bicyclic) bond motifs is 1. The highest BCUT2D eigenvalue weighted by atomic mass is 35.5. The number of nitrogens with one attached hydrogen (secondary N) is 1. The topological polar surface area (TPSA) is 68.5 Å². The van der Waals surface area contributed by atoms with E-state index in [9.17, 15) is 4.79 Å². The normalized spacial score (nSPS) is 12.0. The summed E-state index contributed by atoms with van der Waals surface area (Å²) in [5.41, 5.74) is 5.13. The molecule has 0 radical (unpaired) electrons. The number of rotatable bonds is 8. The second-order valence-electron chi connectivity index (χ2n) is 7.00. The van der Waals surface area contributed by atoms with Gasteiger partial charge >= 0.3 is 0 Å². The Hall–Kier alpha value is -2.70. The fourth-order valence-electron chi connectivity index (χ4n) is 2.91. The lowest BCUT2D eigenvalue weighted by Crippen LogP contribution is -2.25. The van der Waals surface area contributed by atoms with Crippen LogP contribution in [0, 0.1) is 0 Å². The minimum atomic E-state index is -0.0988. The predicted octanol–water partition coefficient (Wildman–Crippen LogP) is 4.70. The zero-order valence-electron chi connectivity index (χ0n) is 16.9. The number of hydrazone groups is 1. The van der Waals surface area contributed by atoms with Crippen molar-refractivity contribution in [3.8, 4) is 0 Å². The maximum Gasteiger partial charge on any atom is 0.262 e. The molecular formula is C22H25ClN4O2. The third kappa shape index (κ3) is 5.43. The molecule has 0 aliphatic heterocycles. The summed E-state index contributed by atoms with van der Waals surface area (Å²) in [4.78, 5) is 17.6.